The molecule has 1 N–H and O–H groups in total. The minimum Gasteiger partial charge on any atom is -0.348 e. The highest BCUT2D eigenvalue weighted by atomic mass is 19.2. The molecule has 0 fully saturated rings. The predicted octanol–water partition coefficient (Wildman–Crippen LogP) is 2.07. The maximum Gasteiger partial charge on any atom is 0.254 e. The fourth-order valence-electron chi connectivity index (χ4n) is 2.05. The minimum absolute atomic E-state index is 0.117. The van der Waals surface area contributed by atoms with Crippen molar-refractivity contribution in [2.24, 2.45) is 5.92 Å². The van der Waals surface area contributed by atoms with Gasteiger partial charge in [-0.25, -0.2) is 9.37 Å². The maximum atomic E-state index is 13.5. The molecule has 0 aliphatic carbocycles. The monoisotopic (exact) mass is 285 g/mol. The zero-order valence-electron chi connectivity index (χ0n) is 12.3. The van der Waals surface area contributed by atoms with Crippen LogP contribution in [0.1, 0.15) is 30.6 Å². The van der Waals surface area contributed by atoms with Gasteiger partial charge >= 0.3 is 0 Å². The number of nitrogens with zero attached hydrogens (tertiary/aromatic N) is 2. The van der Waals surface area contributed by atoms with Crippen LogP contribution in [0.5, 0.6) is 0 Å². The largest absolute Gasteiger partial charge is 0.348 e. The molecule has 0 aliphatic rings. The van der Waals surface area contributed by atoms with Crippen molar-refractivity contribution in [3.8, 4) is 0 Å². The van der Waals surface area contributed by atoms with E-state index in [0.29, 0.717) is 12.5 Å². The van der Waals surface area contributed by atoms with Crippen molar-refractivity contribution in [1.82, 2.24) is 15.2 Å². The molecule has 1 atom stereocenters. The number of hydrogen-bond acceptors (Lipinski definition) is 3. The molecule has 0 saturated carbocycles. The van der Waals surface area contributed by atoms with Gasteiger partial charge < -0.3 is 10.2 Å². The quantitative estimate of drug-likeness (QED) is 0.814. The van der Waals surface area contributed by atoms with Gasteiger partial charge in [0.2, 0.25) is 5.95 Å². The summed E-state index contributed by atoms with van der Waals surface area (Å²) in [6.45, 7) is 4.72. The summed E-state index contributed by atoms with van der Waals surface area (Å²) >= 11 is 0. The van der Waals surface area contributed by atoms with Gasteiger partial charge in [-0.1, -0.05) is 13.8 Å². The molecule has 1 amide bonds. The molecule has 0 bridgehead atoms. The Labute approximate surface area is 118 Å². The van der Waals surface area contributed by atoms with E-state index in [1.54, 1.807) is 0 Å². The van der Waals surface area contributed by atoms with Gasteiger partial charge in [0.1, 0.15) is 0 Å². The first-order chi connectivity index (χ1) is 9.31. The van der Waals surface area contributed by atoms with Crippen LogP contribution in [0.3, 0.4) is 0 Å². The van der Waals surface area contributed by atoms with Crippen LogP contribution < -0.4 is 5.32 Å². The summed E-state index contributed by atoms with van der Waals surface area (Å²) in [5, 5.41) is 2.75. The van der Waals surface area contributed by atoms with Crippen molar-refractivity contribution in [3.05, 3.63) is 29.6 Å². The highest BCUT2D eigenvalue weighted by Crippen LogP contribution is 2.11. The smallest absolute Gasteiger partial charge is 0.254 e. The standard InChI is InChI=1S/C14H21F2N3O/c1-9(2)7-10(8-19(3)4)18-14(20)11-5-6-17-13(16)12(11)15/h5-6,9-10H,7-8H2,1-4H3,(H,18,20). The molecule has 1 aromatic rings. The number of carbonyl (C=O) groups excluding carboxylic acids is 1. The lowest BCUT2D eigenvalue weighted by Crippen LogP contribution is -2.42. The second kappa shape index (κ2) is 7.28. The Morgan fingerprint density at radius 1 is 1.40 bits per heavy atom. The van der Waals surface area contributed by atoms with Crippen molar-refractivity contribution >= 4 is 5.91 Å². The van der Waals surface area contributed by atoms with Crippen LogP contribution >= 0.6 is 0 Å². The Kier molecular flexibility index (Phi) is 6.01. The van der Waals surface area contributed by atoms with Gasteiger partial charge in [-0.2, -0.15) is 4.39 Å². The van der Waals surface area contributed by atoms with Gasteiger partial charge in [0.05, 0.1) is 5.56 Å². The molecular weight excluding hydrogens is 264 g/mol. The van der Waals surface area contributed by atoms with Gasteiger partial charge in [-0.3, -0.25) is 4.79 Å². The molecule has 1 rings (SSSR count). The fraction of sp³-hybridized carbons (Fsp3) is 0.571. The lowest BCUT2D eigenvalue weighted by atomic mass is 10.0. The molecule has 20 heavy (non-hydrogen) atoms. The van der Waals surface area contributed by atoms with Crippen molar-refractivity contribution in [2.45, 2.75) is 26.3 Å². The number of nitrogens with one attached hydrogen (secondary N) is 1. The first-order valence-corrected chi connectivity index (χ1v) is 6.56. The van der Waals surface area contributed by atoms with Gasteiger partial charge in [0.15, 0.2) is 5.82 Å². The third kappa shape index (κ3) is 4.85. The first kappa shape index (κ1) is 16.5. The Hall–Kier alpha value is -1.56. The number of amides is 1. The molecule has 1 aromatic heterocycles. The van der Waals surface area contributed by atoms with Crippen LogP contribution in [0, 0.1) is 17.7 Å². The third-order valence-electron chi connectivity index (χ3n) is 2.77. The van der Waals surface area contributed by atoms with Crippen LogP contribution in [0.4, 0.5) is 8.78 Å². The number of aromatic nitrogens is 1. The lowest BCUT2D eigenvalue weighted by molar-refractivity contribution is 0.0919. The summed E-state index contributed by atoms with van der Waals surface area (Å²) in [6.07, 6.45) is 1.84. The molecule has 0 radical (unpaired) electrons. The van der Waals surface area contributed by atoms with Crippen LogP contribution in [0.15, 0.2) is 12.3 Å². The molecule has 1 heterocycles. The minimum atomic E-state index is -1.26. The summed E-state index contributed by atoms with van der Waals surface area (Å²) in [5.41, 5.74) is -0.315. The van der Waals surface area contributed by atoms with Crippen LogP contribution in [0.2, 0.25) is 0 Å². The zero-order chi connectivity index (χ0) is 15.3. The van der Waals surface area contributed by atoms with Crippen molar-refractivity contribution < 1.29 is 13.6 Å². The van der Waals surface area contributed by atoms with Crippen LogP contribution in [-0.4, -0.2) is 42.5 Å². The number of halogens is 2. The van der Waals surface area contributed by atoms with Crippen molar-refractivity contribution in [2.75, 3.05) is 20.6 Å². The number of likely N-dealkylation sites (N-methyl/N-ethyl adjacent to an activating group) is 1. The van der Waals surface area contributed by atoms with E-state index in [2.05, 4.69) is 10.3 Å². The number of hydrogen-bond donors (Lipinski definition) is 1. The average molecular weight is 285 g/mol. The highest BCUT2D eigenvalue weighted by molar-refractivity contribution is 5.94. The number of carbonyl (C=O) groups is 1. The number of pyridine rings is 1. The average Bonchev–Trinajstić information content (AvgIpc) is 2.30. The topological polar surface area (TPSA) is 45.2 Å². The van der Waals surface area contributed by atoms with E-state index >= 15 is 0 Å². The van der Waals surface area contributed by atoms with E-state index in [9.17, 15) is 13.6 Å². The Bertz CT molecular complexity index is 454. The highest BCUT2D eigenvalue weighted by Gasteiger charge is 2.20. The molecule has 0 saturated heterocycles. The van der Waals surface area contributed by atoms with Gasteiger partial charge in [0.25, 0.3) is 5.91 Å². The van der Waals surface area contributed by atoms with E-state index in [-0.39, 0.29) is 11.6 Å². The summed E-state index contributed by atoms with van der Waals surface area (Å²) in [4.78, 5) is 17.1. The third-order valence-corrected chi connectivity index (χ3v) is 2.77. The molecule has 0 aromatic carbocycles. The molecular formula is C14H21F2N3O. The fourth-order valence-corrected chi connectivity index (χ4v) is 2.05. The summed E-state index contributed by atoms with van der Waals surface area (Å²) in [7, 11) is 3.79. The lowest BCUT2D eigenvalue weighted by Gasteiger charge is -2.24. The van der Waals surface area contributed by atoms with E-state index in [1.165, 1.54) is 6.07 Å². The van der Waals surface area contributed by atoms with Crippen molar-refractivity contribution in [3.63, 3.8) is 0 Å². The van der Waals surface area contributed by atoms with E-state index < -0.39 is 17.7 Å². The van der Waals surface area contributed by atoms with Crippen LogP contribution in [-0.2, 0) is 0 Å². The molecule has 1 unspecified atom stereocenters. The number of rotatable bonds is 6. The predicted molar refractivity (Wildman–Crippen MR) is 73.4 cm³/mol. The Balaban J connectivity index is 2.81. The zero-order valence-corrected chi connectivity index (χ0v) is 12.3. The molecule has 112 valence electrons. The SMILES string of the molecule is CC(C)CC(CN(C)C)NC(=O)c1ccnc(F)c1F. The van der Waals surface area contributed by atoms with E-state index in [1.807, 2.05) is 32.8 Å². The van der Waals surface area contributed by atoms with E-state index in [0.717, 1.165) is 12.6 Å². The van der Waals surface area contributed by atoms with Gasteiger partial charge in [-0.05, 0) is 32.5 Å². The van der Waals surface area contributed by atoms with Crippen molar-refractivity contribution in [1.29, 1.82) is 0 Å². The Morgan fingerprint density at radius 3 is 2.60 bits per heavy atom. The van der Waals surface area contributed by atoms with E-state index in [4.69, 9.17) is 0 Å². The second-order valence-corrected chi connectivity index (χ2v) is 5.53. The normalized spacial score (nSPS) is 12.8. The Morgan fingerprint density at radius 2 is 2.05 bits per heavy atom. The molecule has 4 nitrogen and oxygen atoms in total. The van der Waals surface area contributed by atoms with Gasteiger partial charge in [-0.15, -0.1) is 0 Å². The van der Waals surface area contributed by atoms with Gasteiger partial charge in [0, 0.05) is 18.8 Å². The first-order valence-electron chi connectivity index (χ1n) is 6.56. The second-order valence-electron chi connectivity index (χ2n) is 5.53. The molecule has 0 spiro atoms. The summed E-state index contributed by atoms with van der Waals surface area (Å²) in [5.74, 6) is -2.70. The summed E-state index contributed by atoms with van der Waals surface area (Å²) < 4.78 is 26.5. The van der Waals surface area contributed by atoms with Crippen LogP contribution in [0.25, 0.3) is 0 Å². The maximum absolute atomic E-state index is 13.5. The summed E-state index contributed by atoms with van der Waals surface area (Å²) in [6, 6.07) is 1.06. The molecule has 0 aliphatic heterocycles. The molecule has 6 heteroatoms.